The molecule has 2 aromatic rings. The van der Waals surface area contributed by atoms with E-state index in [1.165, 1.54) is 0 Å². The molecule has 1 aliphatic carbocycles. The molecule has 1 saturated carbocycles. The van der Waals surface area contributed by atoms with Gasteiger partial charge in [0.2, 0.25) is 5.91 Å². The van der Waals surface area contributed by atoms with Crippen LogP contribution in [-0.4, -0.2) is 29.7 Å². The smallest absolute Gasteiger partial charge is 0.408 e. The molecule has 0 aliphatic heterocycles. The Balaban J connectivity index is 1.78. The van der Waals surface area contributed by atoms with Gasteiger partial charge in [-0.3, -0.25) is 4.79 Å². The van der Waals surface area contributed by atoms with Gasteiger partial charge in [0, 0.05) is 22.5 Å². The molecular weight excluding hydrogens is 471 g/mol. The normalized spacial score (nSPS) is 17.0. The maximum absolute atomic E-state index is 13.4. The fourth-order valence-corrected chi connectivity index (χ4v) is 4.80. The molecule has 0 radical (unpaired) electrons. The Morgan fingerprint density at radius 2 is 1.44 bits per heavy atom. The van der Waals surface area contributed by atoms with Crippen molar-refractivity contribution in [2.45, 2.75) is 76.4 Å². The van der Waals surface area contributed by atoms with E-state index in [1.807, 2.05) is 69.3 Å². The molecule has 1 fully saturated rings. The van der Waals surface area contributed by atoms with E-state index in [0.717, 1.165) is 24.0 Å². The summed E-state index contributed by atoms with van der Waals surface area (Å²) in [5.41, 5.74) is 0.624. The van der Waals surface area contributed by atoms with Crippen LogP contribution in [0, 0.1) is 0 Å². The lowest BCUT2D eigenvalue weighted by Crippen LogP contribution is -2.58. The van der Waals surface area contributed by atoms with Crippen LogP contribution >= 0.6 is 23.2 Å². The van der Waals surface area contributed by atoms with Crippen LogP contribution in [-0.2, 0) is 9.53 Å². The van der Waals surface area contributed by atoms with Crippen molar-refractivity contribution >= 4 is 35.2 Å². The maximum atomic E-state index is 13.4. The number of rotatable bonds is 7. The highest BCUT2D eigenvalue weighted by molar-refractivity contribution is 6.30. The van der Waals surface area contributed by atoms with Gasteiger partial charge in [0.05, 0.1) is 0 Å². The number of carbonyl (C=O) groups is 2. The minimum absolute atomic E-state index is 0.00220. The molecular formula is C27H34Cl2N2O3. The average molecular weight is 505 g/mol. The van der Waals surface area contributed by atoms with E-state index in [2.05, 4.69) is 17.6 Å². The first kappa shape index (κ1) is 26.4. The molecule has 0 bridgehead atoms. The zero-order valence-corrected chi connectivity index (χ0v) is 21.8. The fourth-order valence-electron chi connectivity index (χ4n) is 4.55. The largest absolute Gasteiger partial charge is 0.444 e. The summed E-state index contributed by atoms with van der Waals surface area (Å²) in [7, 11) is 0. The zero-order chi connectivity index (χ0) is 24.9. The van der Waals surface area contributed by atoms with Crippen molar-refractivity contribution in [3.8, 4) is 0 Å². The number of hydrogen-bond donors (Lipinski definition) is 2. The Labute approximate surface area is 212 Å². The molecule has 2 atom stereocenters. The monoisotopic (exact) mass is 504 g/mol. The summed E-state index contributed by atoms with van der Waals surface area (Å²) >= 11 is 12.2. The van der Waals surface area contributed by atoms with Crippen LogP contribution in [0.25, 0.3) is 0 Å². The molecule has 0 aromatic heterocycles. The quantitative estimate of drug-likeness (QED) is 0.433. The number of hydrogen-bond acceptors (Lipinski definition) is 3. The SMILES string of the molecule is CC(c1ccc(Cl)cc1)C(CNC(=O)C1(NC(=O)OC(C)(C)C)CCCC1)c1ccc(Cl)cc1. The third-order valence-electron chi connectivity index (χ3n) is 6.41. The van der Waals surface area contributed by atoms with Crippen molar-refractivity contribution in [1.29, 1.82) is 0 Å². The lowest BCUT2D eigenvalue weighted by atomic mass is 9.82. The molecule has 1 aliphatic rings. The highest BCUT2D eigenvalue weighted by atomic mass is 35.5. The van der Waals surface area contributed by atoms with E-state index < -0.39 is 17.2 Å². The predicted molar refractivity (Wildman–Crippen MR) is 138 cm³/mol. The molecule has 184 valence electrons. The van der Waals surface area contributed by atoms with Gasteiger partial charge in [-0.1, -0.05) is 67.2 Å². The summed E-state index contributed by atoms with van der Waals surface area (Å²) in [6, 6.07) is 15.5. The van der Waals surface area contributed by atoms with Gasteiger partial charge in [-0.05, 0) is 74.9 Å². The molecule has 0 heterocycles. The van der Waals surface area contributed by atoms with E-state index in [9.17, 15) is 9.59 Å². The van der Waals surface area contributed by atoms with E-state index in [4.69, 9.17) is 27.9 Å². The third kappa shape index (κ3) is 6.89. The van der Waals surface area contributed by atoms with Crippen LogP contribution in [0.5, 0.6) is 0 Å². The molecule has 2 amide bonds. The average Bonchev–Trinajstić information content (AvgIpc) is 3.23. The van der Waals surface area contributed by atoms with Crippen molar-refractivity contribution in [3.05, 3.63) is 69.7 Å². The minimum atomic E-state index is -0.948. The van der Waals surface area contributed by atoms with Crippen molar-refractivity contribution < 1.29 is 14.3 Å². The Morgan fingerprint density at radius 1 is 0.941 bits per heavy atom. The first-order valence-corrected chi connectivity index (χ1v) is 12.6. The summed E-state index contributed by atoms with van der Waals surface area (Å²) in [6.07, 6.45) is 2.39. The first-order valence-electron chi connectivity index (χ1n) is 11.8. The van der Waals surface area contributed by atoms with E-state index in [0.29, 0.717) is 29.4 Å². The number of nitrogens with one attached hydrogen (secondary N) is 2. The summed E-state index contributed by atoms with van der Waals surface area (Å²) in [5, 5.41) is 7.37. The van der Waals surface area contributed by atoms with Gasteiger partial charge in [0.1, 0.15) is 11.1 Å². The number of alkyl carbamates (subject to hydrolysis) is 1. The highest BCUT2D eigenvalue weighted by Crippen LogP contribution is 2.35. The minimum Gasteiger partial charge on any atom is -0.444 e. The summed E-state index contributed by atoms with van der Waals surface area (Å²) in [4.78, 5) is 25.9. The molecule has 2 unspecified atom stereocenters. The predicted octanol–water partition coefficient (Wildman–Crippen LogP) is 6.83. The van der Waals surface area contributed by atoms with Gasteiger partial charge in [-0.25, -0.2) is 4.79 Å². The Kier molecular flexibility index (Phi) is 8.53. The third-order valence-corrected chi connectivity index (χ3v) is 6.92. The van der Waals surface area contributed by atoms with Gasteiger partial charge in [-0.2, -0.15) is 0 Å². The number of halogens is 2. The second kappa shape index (κ2) is 11.0. The topological polar surface area (TPSA) is 67.4 Å². The zero-order valence-electron chi connectivity index (χ0n) is 20.3. The number of benzene rings is 2. The second-order valence-electron chi connectivity index (χ2n) is 10.1. The van der Waals surface area contributed by atoms with Gasteiger partial charge in [-0.15, -0.1) is 0 Å². The summed E-state index contributed by atoms with van der Waals surface area (Å²) < 4.78 is 5.43. The number of ether oxygens (including phenoxy) is 1. The molecule has 5 nitrogen and oxygen atoms in total. The van der Waals surface area contributed by atoms with Crippen molar-refractivity contribution in [3.63, 3.8) is 0 Å². The van der Waals surface area contributed by atoms with E-state index in [-0.39, 0.29) is 17.7 Å². The lowest BCUT2D eigenvalue weighted by molar-refractivity contribution is -0.127. The van der Waals surface area contributed by atoms with Crippen molar-refractivity contribution in [2.75, 3.05) is 6.54 Å². The van der Waals surface area contributed by atoms with Crippen molar-refractivity contribution in [1.82, 2.24) is 10.6 Å². The summed E-state index contributed by atoms with van der Waals surface area (Å²) in [5.74, 6) is -0.0578. The van der Waals surface area contributed by atoms with Crippen LogP contribution in [0.1, 0.15) is 76.3 Å². The van der Waals surface area contributed by atoms with Gasteiger partial charge in [0.15, 0.2) is 0 Å². The van der Waals surface area contributed by atoms with Crippen molar-refractivity contribution in [2.24, 2.45) is 0 Å². The van der Waals surface area contributed by atoms with Crippen LogP contribution in [0.2, 0.25) is 10.0 Å². The molecule has 7 heteroatoms. The van der Waals surface area contributed by atoms with Gasteiger partial charge >= 0.3 is 6.09 Å². The number of carbonyl (C=O) groups excluding carboxylic acids is 2. The summed E-state index contributed by atoms with van der Waals surface area (Å²) in [6.45, 7) is 7.98. The highest BCUT2D eigenvalue weighted by Gasteiger charge is 2.43. The standard InChI is InChI=1S/C27H34Cl2N2O3/c1-18(19-7-11-21(28)12-8-19)23(20-9-13-22(29)14-10-20)17-30-24(32)27(15-5-6-16-27)31-25(33)34-26(2,3)4/h7-14,18,23H,5-6,15-17H2,1-4H3,(H,30,32)(H,31,33). The maximum Gasteiger partial charge on any atom is 0.408 e. The van der Waals surface area contributed by atoms with Crippen LogP contribution in [0.4, 0.5) is 4.79 Å². The number of amides is 2. The van der Waals surface area contributed by atoms with Crippen LogP contribution in [0.3, 0.4) is 0 Å². The Bertz CT molecular complexity index is 978. The van der Waals surface area contributed by atoms with Gasteiger partial charge in [0.25, 0.3) is 0 Å². The molecule has 2 N–H and O–H groups in total. The fraction of sp³-hybridized carbons (Fsp3) is 0.481. The van der Waals surface area contributed by atoms with Crippen LogP contribution in [0.15, 0.2) is 48.5 Å². The molecule has 0 saturated heterocycles. The molecule has 0 spiro atoms. The van der Waals surface area contributed by atoms with E-state index >= 15 is 0 Å². The lowest BCUT2D eigenvalue weighted by Gasteiger charge is -2.32. The Hall–Kier alpha value is -2.24. The Morgan fingerprint density at radius 3 is 1.94 bits per heavy atom. The molecule has 2 aromatic carbocycles. The second-order valence-corrected chi connectivity index (χ2v) is 11.0. The molecule has 34 heavy (non-hydrogen) atoms. The van der Waals surface area contributed by atoms with Gasteiger partial charge < -0.3 is 15.4 Å². The van der Waals surface area contributed by atoms with E-state index in [1.54, 1.807) is 0 Å². The first-order chi connectivity index (χ1) is 16.0. The van der Waals surface area contributed by atoms with Crippen LogP contribution < -0.4 is 10.6 Å². The molecule has 3 rings (SSSR count).